The van der Waals surface area contributed by atoms with E-state index in [0.29, 0.717) is 5.41 Å². The Morgan fingerprint density at radius 1 is 1.25 bits per heavy atom. The molecule has 2 rings (SSSR count). The molecule has 1 aliphatic carbocycles. The second-order valence-electron chi connectivity index (χ2n) is 6.84. The van der Waals surface area contributed by atoms with Crippen molar-refractivity contribution in [3.63, 3.8) is 0 Å². The maximum atomic E-state index is 12.0. The summed E-state index contributed by atoms with van der Waals surface area (Å²) in [4.78, 5) is 14.5. The Labute approximate surface area is 123 Å². The quantitative estimate of drug-likeness (QED) is 0.785. The van der Waals surface area contributed by atoms with Gasteiger partial charge in [0.1, 0.15) is 5.54 Å². The first kappa shape index (κ1) is 15.8. The highest BCUT2D eigenvalue weighted by Crippen LogP contribution is 2.46. The zero-order valence-corrected chi connectivity index (χ0v) is 13.3. The van der Waals surface area contributed by atoms with Gasteiger partial charge >= 0.3 is 5.97 Å². The number of carbonyl (C=O) groups is 1. The summed E-state index contributed by atoms with van der Waals surface area (Å²) >= 11 is 0. The molecule has 1 spiro atoms. The molecular weight excluding hydrogens is 252 g/mol. The summed E-state index contributed by atoms with van der Waals surface area (Å²) < 4.78 is 4.97. The second-order valence-corrected chi connectivity index (χ2v) is 6.84. The van der Waals surface area contributed by atoms with E-state index in [1.807, 2.05) is 13.8 Å². The van der Waals surface area contributed by atoms with Crippen LogP contribution in [0.2, 0.25) is 0 Å². The summed E-state index contributed by atoms with van der Waals surface area (Å²) in [5.41, 5.74) is 0.0556. The number of rotatable bonds is 5. The number of ether oxygens (including phenoxy) is 1. The van der Waals surface area contributed by atoms with Gasteiger partial charge in [0.2, 0.25) is 0 Å². The molecule has 20 heavy (non-hydrogen) atoms. The smallest absolute Gasteiger partial charge is 0.327 e. The molecule has 4 heteroatoms. The lowest BCUT2D eigenvalue weighted by Crippen LogP contribution is -2.58. The fourth-order valence-corrected chi connectivity index (χ4v) is 4.07. The predicted octanol–water partition coefficient (Wildman–Crippen LogP) is 2.18. The highest BCUT2D eigenvalue weighted by Gasteiger charge is 2.40. The van der Waals surface area contributed by atoms with Gasteiger partial charge in [-0.2, -0.15) is 0 Å². The van der Waals surface area contributed by atoms with E-state index >= 15 is 0 Å². The molecular formula is C16H30N2O2. The molecule has 0 bridgehead atoms. The van der Waals surface area contributed by atoms with Crippen LogP contribution in [0, 0.1) is 5.41 Å². The van der Waals surface area contributed by atoms with Crippen LogP contribution in [-0.4, -0.2) is 49.7 Å². The van der Waals surface area contributed by atoms with Gasteiger partial charge in [0.25, 0.3) is 0 Å². The number of hydrogen-bond donors (Lipinski definition) is 1. The van der Waals surface area contributed by atoms with Crippen LogP contribution in [0.5, 0.6) is 0 Å². The van der Waals surface area contributed by atoms with Crippen LogP contribution in [0.1, 0.15) is 52.4 Å². The van der Waals surface area contributed by atoms with E-state index in [9.17, 15) is 4.79 Å². The number of nitrogens with zero attached hydrogens (tertiary/aromatic N) is 1. The highest BCUT2D eigenvalue weighted by atomic mass is 16.5. The van der Waals surface area contributed by atoms with Gasteiger partial charge in [0.15, 0.2) is 0 Å². The van der Waals surface area contributed by atoms with E-state index in [-0.39, 0.29) is 5.97 Å². The molecule has 0 aromatic rings. The third-order valence-corrected chi connectivity index (χ3v) is 5.32. The summed E-state index contributed by atoms with van der Waals surface area (Å²) in [6.07, 6.45) is 8.27. The zero-order valence-electron chi connectivity index (χ0n) is 13.3. The first-order chi connectivity index (χ1) is 9.53. The molecule has 1 unspecified atom stereocenters. The molecule has 0 aromatic heterocycles. The molecule has 1 saturated carbocycles. The Balaban J connectivity index is 1.90. The fourth-order valence-electron chi connectivity index (χ4n) is 4.07. The Kier molecular flexibility index (Phi) is 5.08. The van der Waals surface area contributed by atoms with E-state index in [1.54, 1.807) is 0 Å². The van der Waals surface area contributed by atoms with Crippen molar-refractivity contribution in [2.45, 2.75) is 57.9 Å². The van der Waals surface area contributed by atoms with Gasteiger partial charge in [-0.3, -0.25) is 4.79 Å². The number of carbonyl (C=O) groups excluding carboxylic acids is 1. The van der Waals surface area contributed by atoms with Crippen molar-refractivity contribution < 1.29 is 9.53 Å². The molecule has 0 aromatic carbocycles. The van der Waals surface area contributed by atoms with Crippen LogP contribution in [0.4, 0.5) is 0 Å². The molecule has 1 heterocycles. The average molecular weight is 282 g/mol. The van der Waals surface area contributed by atoms with E-state index < -0.39 is 5.54 Å². The van der Waals surface area contributed by atoms with E-state index in [4.69, 9.17) is 4.74 Å². The largest absolute Gasteiger partial charge is 0.468 e. The first-order valence-electron chi connectivity index (χ1n) is 8.09. The van der Waals surface area contributed by atoms with E-state index in [2.05, 4.69) is 10.2 Å². The SMILES string of the molecule is CCNC(C)(CN1CCC2(CCCC2)CC1)C(=O)OC. The first-order valence-corrected chi connectivity index (χ1v) is 8.09. The van der Waals surface area contributed by atoms with Crippen molar-refractivity contribution in [3.05, 3.63) is 0 Å². The summed E-state index contributed by atoms with van der Waals surface area (Å²) in [5, 5.41) is 3.30. The van der Waals surface area contributed by atoms with E-state index in [0.717, 1.165) is 26.2 Å². The molecule has 1 atom stereocenters. The molecule has 1 N–H and O–H groups in total. The van der Waals surface area contributed by atoms with Crippen LogP contribution < -0.4 is 5.32 Å². The lowest BCUT2D eigenvalue weighted by Gasteiger charge is -2.42. The third-order valence-electron chi connectivity index (χ3n) is 5.32. The van der Waals surface area contributed by atoms with Gasteiger partial charge in [0.05, 0.1) is 7.11 Å². The average Bonchev–Trinajstić information content (AvgIpc) is 2.89. The third kappa shape index (κ3) is 3.34. The highest BCUT2D eigenvalue weighted by molar-refractivity contribution is 5.80. The van der Waals surface area contributed by atoms with Gasteiger partial charge in [-0.05, 0) is 57.7 Å². The minimum atomic E-state index is -0.580. The monoisotopic (exact) mass is 282 g/mol. The molecule has 4 nitrogen and oxygen atoms in total. The number of likely N-dealkylation sites (N-methyl/N-ethyl adjacent to an activating group) is 1. The molecule has 1 aliphatic heterocycles. The number of piperidine rings is 1. The van der Waals surface area contributed by atoms with E-state index in [1.165, 1.54) is 45.6 Å². The summed E-state index contributed by atoms with van der Waals surface area (Å²) in [5.74, 6) is -0.152. The fraction of sp³-hybridized carbons (Fsp3) is 0.938. The van der Waals surface area contributed by atoms with Crippen LogP contribution in [0.15, 0.2) is 0 Å². The Bertz CT molecular complexity index is 329. The maximum Gasteiger partial charge on any atom is 0.327 e. The normalized spacial score (nSPS) is 25.6. The lowest BCUT2D eigenvalue weighted by molar-refractivity contribution is -0.149. The van der Waals surface area contributed by atoms with Crippen molar-refractivity contribution in [3.8, 4) is 0 Å². The Morgan fingerprint density at radius 3 is 2.35 bits per heavy atom. The van der Waals surface area contributed by atoms with Crippen molar-refractivity contribution in [1.82, 2.24) is 10.2 Å². The molecule has 1 saturated heterocycles. The molecule has 116 valence electrons. The van der Waals surface area contributed by atoms with Crippen LogP contribution in [0.25, 0.3) is 0 Å². The van der Waals surface area contributed by atoms with Gasteiger partial charge in [0, 0.05) is 6.54 Å². The molecule has 2 fully saturated rings. The predicted molar refractivity (Wildman–Crippen MR) is 80.7 cm³/mol. The van der Waals surface area contributed by atoms with Crippen LogP contribution >= 0.6 is 0 Å². The summed E-state index contributed by atoms with van der Waals surface area (Å²) in [6.45, 7) is 7.77. The van der Waals surface area contributed by atoms with Crippen molar-refractivity contribution in [2.24, 2.45) is 5.41 Å². The number of esters is 1. The van der Waals surface area contributed by atoms with Gasteiger partial charge < -0.3 is 15.0 Å². The zero-order chi connectivity index (χ0) is 14.6. The Morgan fingerprint density at radius 2 is 1.85 bits per heavy atom. The second kappa shape index (κ2) is 6.44. The minimum absolute atomic E-state index is 0.152. The number of hydrogen-bond acceptors (Lipinski definition) is 4. The minimum Gasteiger partial charge on any atom is -0.468 e. The number of likely N-dealkylation sites (tertiary alicyclic amines) is 1. The standard InChI is InChI=1S/C16H30N2O2/c1-4-17-15(2,14(19)20-3)13-18-11-9-16(10-12-18)7-5-6-8-16/h17H,4-13H2,1-3H3. The Hall–Kier alpha value is -0.610. The number of nitrogens with one attached hydrogen (secondary N) is 1. The summed E-state index contributed by atoms with van der Waals surface area (Å²) in [7, 11) is 1.47. The topological polar surface area (TPSA) is 41.6 Å². The molecule has 0 amide bonds. The maximum absolute atomic E-state index is 12.0. The van der Waals surface area contributed by atoms with Gasteiger partial charge in [-0.15, -0.1) is 0 Å². The summed E-state index contributed by atoms with van der Waals surface area (Å²) in [6, 6.07) is 0. The van der Waals surface area contributed by atoms with Crippen molar-refractivity contribution >= 4 is 5.97 Å². The molecule has 2 aliphatic rings. The van der Waals surface area contributed by atoms with Crippen LogP contribution in [0.3, 0.4) is 0 Å². The number of methoxy groups -OCH3 is 1. The van der Waals surface area contributed by atoms with Crippen molar-refractivity contribution in [2.75, 3.05) is 33.3 Å². The lowest BCUT2D eigenvalue weighted by atomic mass is 9.77. The van der Waals surface area contributed by atoms with Crippen LogP contribution in [-0.2, 0) is 9.53 Å². The van der Waals surface area contributed by atoms with Crippen molar-refractivity contribution in [1.29, 1.82) is 0 Å². The van der Waals surface area contributed by atoms with Gasteiger partial charge in [-0.25, -0.2) is 0 Å². The molecule has 0 radical (unpaired) electrons. The van der Waals surface area contributed by atoms with Gasteiger partial charge in [-0.1, -0.05) is 19.8 Å².